The van der Waals surface area contributed by atoms with E-state index in [4.69, 9.17) is 5.11 Å². The first-order valence-electron chi connectivity index (χ1n) is 6.78. The van der Waals surface area contributed by atoms with Gasteiger partial charge in [-0.1, -0.05) is 0 Å². The minimum atomic E-state index is -4.29. The summed E-state index contributed by atoms with van der Waals surface area (Å²) < 4.78 is 39.4. The Balaban J connectivity index is 2.02. The highest BCUT2D eigenvalue weighted by molar-refractivity contribution is 5.36. The third-order valence-electron chi connectivity index (χ3n) is 3.27. The minimum absolute atomic E-state index is 0.00330. The molecule has 2 aromatic rings. The average molecular weight is 317 g/mol. The molecule has 22 heavy (non-hydrogen) atoms. The van der Waals surface area contributed by atoms with Gasteiger partial charge in [-0.15, -0.1) is 0 Å². The molecule has 0 saturated heterocycles. The van der Waals surface area contributed by atoms with Crippen molar-refractivity contribution in [2.45, 2.75) is 39.7 Å². The molecule has 0 aliphatic heterocycles. The number of aryl methyl sites for hydroxylation is 1. The molecule has 2 heterocycles. The largest absolute Gasteiger partial charge is 0.408 e. The summed E-state index contributed by atoms with van der Waals surface area (Å²) >= 11 is 0. The molecule has 2 aromatic heterocycles. The van der Waals surface area contributed by atoms with Crippen LogP contribution in [0.15, 0.2) is 12.3 Å². The molecule has 0 aliphatic carbocycles. The zero-order valence-electron chi connectivity index (χ0n) is 12.4. The number of anilines is 1. The van der Waals surface area contributed by atoms with E-state index in [1.54, 1.807) is 4.68 Å². The van der Waals surface area contributed by atoms with Crippen molar-refractivity contribution in [2.24, 2.45) is 0 Å². The van der Waals surface area contributed by atoms with Crippen molar-refractivity contribution < 1.29 is 18.3 Å². The molecule has 0 saturated carbocycles. The van der Waals surface area contributed by atoms with Gasteiger partial charge in [-0.2, -0.15) is 23.4 Å². The van der Waals surface area contributed by atoms with Gasteiger partial charge >= 0.3 is 6.18 Å². The van der Waals surface area contributed by atoms with E-state index in [-0.39, 0.29) is 6.61 Å². The number of aliphatic hydroxyl groups excluding tert-OH is 1. The number of alkyl halides is 3. The summed E-state index contributed by atoms with van der Waals surface area (Å²) in [4.78, 5) is 0. The number of hydrogen-bond acceptors (Lipinski definition) is 4. The van der Waals surface area contributed by atoms with Crippen LogP contribution in [0.3, 0.4) is 0 Å². The number of nitrogens with zero attached hydrogens (tertiary/aromatic N) is 4. The maximum Gasteiger partial charge on any atom is 0.408 e. The van der Waals surface area contributed by atoms with Gasteiger partial charge in [0.25, 0.3) is 0 Å². The third kappa shape index (κ3) is 4.00. The van der Waals surface area contributed by atoms with E-state index in [1.165, 1.54) is 12.3 Å². The van der Waals surface area contributed by atoms with Crippen molar-refractivity contribution in [2.75, 3.05) is 11.9 Å². The highest BCUT2D eigenvalue weighted by Gasteiger charge is 2.28. The van der Waals surface area contributed by atoms with Gasteiger partial charge in [0.2, 0.25) is 0 Å². The lowest BCUT2D eigenvalue weighted by Crippen LogP contribution is -2.18. The van der Waals surface area contributed by atoms with E-state index in [1.807, 2.05) is 13.8 Å². The molecule has 0 aromatic carbocycles. The lowest BCUT2D eigenvalue weighted by molar-refractivity contribution is -0.142. The van der Waals surface area contributed by atoms with Crippen molar-refractivity contribution in [3.8, 4) is 0 Å². The standard InChI is InChI=1S/C13H18F3N5O/c1-9-11(10(2)21(18-9)5-6-22)7-17-12-3-4-20(19-12)8-13(14,15)16/h3-4,22H,5-8H2,1-2H3,(H,17,19). The maximum atomic E-state index is 12.3. The molecule has 6 nitrogen and oxygen atoms in total. The van der Waals surface area contributed by atoms with Crippen LogP contribution < -0.4 is 5.32 Å². The van der Waals surface area contributed by atoms with E-state index in [2.05, 4.69) is 15.5 Å². The lowest BCUT2D eigenvalue weighted by atomic mass is 10.2. The van der Waals surface area contributed by atoms with Crippen LogP contribution in [0.1, 0.15) is 17.0 Å². The van der Waals surface area contributed by atoms with Crippen LogP contribution >= 0.6 is 0 Å². The fourth-order valence-electron chi connectivity index (χ4n) is 2.21. The molecule has 0 amide bonds. The second-order valence-electron chi connectivity index (χ2n) is 4.96. The van der Waals surface area contributed by atoms with Crippen molar-refractivity contribution in [3.63, 3.8) is 0 Å². The van der Waals surface area contributed by atoms with Crippen LogP contribution in [0.4, 0.5) is 19.0 Å². The summed E-state index contributed by atoms with van der Waals surface area (Å²) in [6, 6.07) is 1.49. The molecule has 2 N–H and O–H groups in total. The molecular formula is C13H18F3N5O. The normalized spacial score (nSPS) is 11.9. The highest BCUT2D eigenvalue weighted by atomic mass is 19.4. The average Bonchev–Trinajstić information content (AvgIpc) is 2.93. The summed E-state index contributed by atoms with van der Waals surface area (Å²) in [6.07, 6.45) is -3.01. The monoisotopic (exact) mass is 317 g/mol. The van der Waals surface area contributed by atoms with Crippen molar-refractivity contribution in [1.82, 2.24) is 19.6 Å². The van der Waals surface area contributed by atoms with Gasteiger partial charge in [-0.05, 0) is 13.8 Å². The summed E-state index contributed by atoms with van der Waals surface area (Å²) in [6.45, 7) is 3.44. The molecule has 9 heteroatoms. The van der Waals surface area contributed by atoms with Gasteiger partial charge in [0.05, 0.1) is 18.8 Å². The van der Waals surface area contributed by atoms with Gasteiger partial charge in [0, 0.05) is 30.1 Å². The Morgan fingerprint density at radius 1 is 1.27 bits per heavy atom. The molecule has 0 unspecified atom stereocenters. The molecule has 2 rings (SSSR count). The van der Waals surface area contributed by atoms with Crippen LogP contribution in [0.2, 0.25) is 0 Å². The molecule has 0 spiro atoms. The van der Waals surface area contributed by atoms with Crippen molar-refractivity contribution in [1.29, 1.82) is 0 Å². The zero-order valence-corrected chi connectivity index (χ0v) is 12.4. The Morgan fingerprint density at radius 2 is 2.00 bits per heavy atom. The molecule has 0 radical (unpaired) electrons. The third-order valence-corrected chi connectivity index (χ3v) is 3.27. The van der Waals surface area contributed by atoms with Crippen LogP contribution in [0.25, 0.3) is 0 Å². The van der Waals surface area contributed by atoms with Crippen molar-refractivity contribution >= 4 is 5.82 Å². The van der Waals surface area contributed by atoms with Crippen LogP contribution in [-0.4, -0.2) is 37.5 Å². The first-order chi connectivity index (χ1) is 10.3. The summed E-state index contributed by atoms with van der Waals surface area (Å²) in [5.41, 5.74) is 2.67. The summed E-state index contributed by atoms with van der Waals surface area (Å²) in [5.74, 6) is 0.373. The Labute approximate surface area is 125 Å². The predicted molar refractivity (Wildman–Crippen MR) is 74.4 cm³/mol. The molecule has 122 valence electrons. The number of nitrogens with one attached hydrogen (secondary N) is 1. The Kier molecular flexibility index (Phi) is 4.74. The number of hydrogen-bond donors (Lipinski definition) is 2. The Hall–Kier alpha value is -2.03. The van der Waals surface area contributed by atoms with E-state index in [9.17, 15) is 13.2 Å². The SMILES string of the molecule is Cc1nn(CCO)c(C)c1CNc1ccn(CC(F)(F)F)n1. The zero-order chi connectivity index (χ0) is 16.3. The molecule has 0 fully saturated rings. The fraction of sp³-hybridized carbons (Fsp3) is 0.538. The first kappa shape index (κ1) is 16.3. The molecule has 0 bridgehead atoms. The van der Waals surface area contributed by atoms with Gasteiger partial charge in [0.15, 0.2) is 0 Å². The maximum absolute atomic E-state index is 12.3. The van der Waals surface area contributed by atoms with Gasteiger partial charge in [-0.3, -0.25) is 9.36 Å². The smallest absolute Gasteiger partial charge is 0.394 e. The van der Waals surface area contributed by atoms with Crippen molar-refractivity contribution in [3.05, 3.63) is 29.2 Å². The molecular weight excluding hydrogens is 299 g/mol. The van der Waals surface area contributed by atoms with Gasteiger partial charge in [0.1, 0.15) is 12.4 Å². The van der Waals surface area contributed by atoms with E-state index in [0.29, 0.717) is 18.9 Å². The van der Waals surface area contributed by atoms with E-state index < -0.39 is 12.7 Å². The van der Waals surface area contributed by atoms with E-state index >= 15 is 0 Å². The van der Waals surface area contributed by atoms with Gasteiger partial charge < -0.3 is 10.4 Å². The summed E-state index contributed by atoms with van der Waals surface area (Å²) in [5, 5.41) is 20.1. The first-order valence-corrected chi connectivity index (χ1v) is 6.78. The minimum Gasteiger partial charge on any atom is -0.394 e. The second kappa shape index (κ2) is 6.39. The van der Waals surface area contributed by atoms with E-state index in [0.717, 1.165) is 21.6 Å². The lowest BCUT2D eigenvalue weighted by Gasteiger charge is -2.06. The van der Waals surface area contributed by atoms with Crippen LogP contribution in [0, 0.1) is 13.8 Å². The number of aromatic nitrogens is 4. The number of aliphatic hydroxyl groups is 1. The topological polar surface area (TPSA) is 67.9 Å². The Bertz CT molecular complexity index is 632. The molecule has 0 atom stereocenters. The number of halogens is 3. The van der Waals surface area contributed by atoms with Crippen LogP contribution in [-0.2, 0) is 19.6 Å². The van der Waals surface area contributed by atoms with Crippen LogP contribution in [0.5, 0.6) is 0 Å². The number of rotatable bonds is 6. The second-order valence-corrected chi connectivity index (χ2v) is 4.96. The van der Waals surface area contributed by atoms with Gasteiger partial charge in [-0.25, -0.2) is 0 Å². The Morgan fingerprint density at radius 3 is 2.64 bits per heavy atom. The quantitative estimate of drug-likeness (QED) is 0.853. The fourth-order valence-corrected chi connectivity index (χ4v) is 2.21. The predicted octanol–water partition coefficient (Wildman–Crippen LogP) is 1.86. The molecule has 0 aliphatic rings. The summed E-state index contributed by atoms with van der Waals surface area (Å²) in [7, 11) is 0. The highest BCUT2D eigenvalue weighted by Crippen LogP contribution is 2.18.